The highest BCUT2D eigenvalue weighted by atomic mass is 19.1. The van der Waals surface area contributed by atoms with Gasteiger partial charge in [0.25, 0.3) is 0 Å². The lowest BCUT2D eigenvalue weighted by Gasteiger charge is -2.24. The van der Waals surface area contributed by atoms with Gasteiger partial charge in [-0.05, 0) is 42.8 Å². The van der Waals surface area contributed by atoms with Gasteiger partial charge in [0.1, 0.15) is 17.5 Å². The molecule has 1 amide bonds. The number of aryl methyl sites for hydroxylation is 1. The van der Waals surface area contributed by atoms with Crippen LogP contribution in [0.15, 0.2) is 48.7 Å². The molecule has 2 heterocycles. The van der Waals surface area contributed by atoms with Crippen LogP contribution in [-0.2, 0) is 4.79 Å². The van der Waals surface area contributed by atoms with Gasteiger partial charge in [0, 0.05) is 17.9 Å². The maximum atomic E-state index is 14.2. The van der Waals surface area contributed by atoms with Crippen molar-refractivity contribution in [3.05, 3.63) is 77.0 Å². The standard InChI is InChI=1S/C19H15F2N3O/c1-11-2-5-13(6-3-11)24-19-16(10-22-24)14(9-18(25)23-19)15-8-12(20)4-7-17(15)21/h2-8,10,14H,9H2,1H3,(H,23,25)/t14-/m1/s1. The van der Waals surface area contributed by atoms with Gasteiger partial charge in [0.05, 0.1) is 11.9 Å². The molecule has 1 aliphatic rings. The largest absolute Gasteiger partial charge is 0.310 e. The number of carbonyl (C=O) groups is 1. The van der Waals surface area contributed by atoms with Crippen molar-refractivity contribution < 1.29 is 13.6 Å². The molecule has 25 heavy (non-hydrogen) atoms. The number of hydrogen-bond donors (Lipinski definition) is 1. The smallest absolute Gasteiger partial charge is 0.226 e. The second-order valence-electron chi connectivity index (χ2n) is 6.17. The molecule has 1 atom stereocenters. The zero-order valence-electron chi connectivity index (χ0n) is 13.5. The molecule has 0 saturated heterocycles. The summed E-state index contributed by atoms with van der Waals surface area (Å²) in [5.74, 6) is -1.40. The molecule has 126 valence electrons. The van der Waals surface area contributed by atoms with Crippen molar-refractivity contribution in [1.82, 2.24) is 9.78 Å². The molecule has 4 nitrogen and oxygen atoms in total. The first-order valence-corrected chi connectivity index (χ1v) is 7.92. The summed E-state index contributed by atoms with van der Waals surface area (Å²) in [6, 6.07) is 11.0. The summed E-state index contributed by atoms with van der Waals surface area (Å²) in [7, 11) is 0. The summed E-state index contributed by atoms with van der Waals surface area (Å²) in [5.41, 5.74) is 2.73. The fourth-order valence-corrected chi connectivity index (χ4v) is 3.16. The summed E-state index contributed by atoms with van der Waals surface area (Å²) in [6.45, 7) is 1.98. The molecular weight excluding hydrogens is 324 g/mol. The normalized spacial score (nSPS) is 16.4. The van der Waals surface area contributed by atoms with E-state index in [-0.39, 0.29) is 17.9 Å². The molecule has 6 heteroatoms. The molecule has 3 aromatic rings. The van der Waals surface area contributed by atoms with Gasteiger partial charge in [-0.2, -0.15) is 5.10 Å². The number of carbonyl (C=O) groups excluding carboxylic acids is 1. The van der Waals surface area contributed by atoms with Gasteiger partial charge in [-0.25, -0.2) is 13.5 Å². The molecule has 1 aromatic heterocycles. The molecular formula is C19H15F2N3O. The first-order valence-electron chi connectivity index (χ1n) is 7.92. The van der Waals surface area contributed by atoms with Crippen molar-refractivity contribution in [1.29, 1.82) is 0 Å². The second-order valence-corrected chi connectivity index (χ2v) is 6.17. The van der Waals surface area contributed by atoms with Crippen LogP contribution >= 0.6 is 0 Å². The van der Waals surface area contributed by atoms with E-state index in [2.05, 4.69) is 10.4 Å². The zero-order valence-corrected chi connectivity index (χ0v) is 13.5. The monoisotopic (exact) mass is 339 g/mol. The predicted octanol–water partition coefficient (Wildman–Crippen LogP) is 3.93. The lowest BCUT2D eigenvalue weighted by atomic mass is 9.87. The SMILES string of the molecule is Cc1ccc(-n2ncc3c2NC(=O)C[C@@H]3c2cc(F)ccc2F)cc1. The Morgan fingerprint density at radius 1 is 1.12 bits per heavy atom. The Bertz CT molecular complexity index is 963. The van der Waals surface area contributed by atoms with Gasteiger partial charge in [-0.15, -0.1) is 0 Å². The van der Waals surface area contributed by atoms with E-state index >= 15 is 0 Å². The molecule has 0 radical (unpaired) electrons. The Morgan fingerprint density at radius 3 is 2.64 bits per heavy atom. The summed E-state index contributed by atoms with van der Waals surface area (Å²) < 4.78 is 29.4. The van der Waals surface area contributed by atoms with E-state index in [1.165, 1.54) is 0 Å². The number of anilines is 1. The van der Waals surface area contributed by atoms with Gasteiger partial charge < -0.3 is 5.32 Å². The molecule has 0 aliphatic carbocycles. The van der Waals surface area contributed by atoms with E-state index in [1.807, 2.05) is 31.2 Å². The second kappa shape index (κ2) is 5.81. The summed E-state index contributed by atoms with van der Waals surface area (Å²) >= 11 is 0. The van der Waals surface area contributed by atoms with Crippen molar-refractivity contribution >= 4 is 11.7 Å². The number of benzene rings is 2. The van der Waals surface area contributed by atoms with E-state index in [1.54, 1.807) is 10.9 Å². The van der Waals surface area contributed by atoms with Crippen molar-refractivity contribution in [2.24, 2.45) is 0 Å². The summed E-state index contributed by atoms with van der Waals surface area (Å²) in [6.07, 6.45) is 1.65. The molecule has 0 spiro atoms. The number of nitrogens with one attached hydrogen (secondary N) is 1. The molecule has 0 saturated carbocycles. The van der Waals surface area contributed by atoms with E-state index < -0.39 is 17.6 Å². The minimum absolute atomic E-state index is 0.0486. The Kier molecular flexibility index (Phi) is 3.60. The van der Waals surface area contributed by atoms with Gasteiger partial charge in [-0.1, -0.05) is 17.7 Å². The van der Waals surface area contributed by atoms with Crippen LogP contribution in [0.25, 0.3) is 5.69 Å². The average Bonchev–Trinajstić information content (AvgIpc) is 3.01. The molecule has 2 aromatic carbocycles. The third kappa shape index (κ3) is 2.69. The van der Waals surface area contributed by atoms with Gasteiger partial charge in [0.15, 0.2) is 0 Å². The molecule has 0 unspecified atom stereocenters. The zero-order chi connectivity index (χ0) is 17.6. The predicted molar refractivity (Wildman–Crippen MR) is 89.7 cm³/mol. The highest BCUT2D eigenvalue weighted by Crippen LogP contribution is 2.39. The van der Waals surface area contributed by atoms with Crippen molar-refractivity contribution in [2.75, 3.05) is 5.32 Å². The molecule has 1 aliphatic heterocycles. The molecule has 4 rings (SSSR count). The van der Waals surface area contributed by atoms with Crippen LogP contribution in [0.4, 0.5) is 14.6 Å². The number of fused-ring (bicyclic) bond motifs is 1. The number of rotatable bonds is 2. The topological polar surface area (TPSA) is 46.9 Å². The average molecular weight is 339 g/mol. The number of amides is 1. The molecule has 0 fully saturated rings. The number of aromatic nitrogens is 2. The Morgan fingerprint density at radius 2 is 1.88 bits per heavy atom. The van der Waals surface area contributed by atoms with Gasteiger partial charge in [-0.3, -0.25) is 4.79 Å². The van der Waals surface area contributed by atoms with Crippen LogP contribution in [-0.4, -0.2) is 15.7 Å². The minimum Gasteiger partial charge on any atom is -0.310 e. The van der Waals surface area contributed by atoms with Gasteiger partial charge in [0.2, 0.25) is 5.91 Å². The van der Waals surface area contributed by atoms with Crippen molar-refractivity contribution in [3.8, 4) is 5.69 Å². The van der Waals surface area contributed by atoms with Crippen molar-refractivity contribution in [3.63, 3.8) is 0 Å². The van der Waals surface area contributed by atoms with Crippen LogP contribution < -0.4 is 5.32 Å². The van der Waals surface area contributed by atoms with Crippen LogP contribution in [0.2, 0.25) is 0 Å². The van der Waals surface area contributed by atoms with Crippen LogP contribution in [0, 0.1) is 18.6 Å². The highest BCUT2D eigenvalue weighted by molar-refractivity contribution is 5.94. The van der Waals surface area contributed by atoms with Crippen LogP contribution in [0.5, 0.6) is 0 Å². The maximum absolute atomic E-state index is 14.2. The summed E-state index contributed by atoms with van der Waals surface area (Å²) in [5, 5.41) is 7.15. The highest BCUT2D eigenvalue weighted by Gasteiger charge is 2.32. The Labute approximate surface area is 143 Å². The minimum atomic E-state index is -0.571. The summed E-state index contributed by atoms with van der Waals surface area (Å²) in [4.78, 5) is 12.2. The van der Waals surface area contributed by atoms with Gasteiger partial charge >= 0.3 is 0 Å². The van der Waals surface area contributed by atoms with E-state index in [0.29, 0.717) is 11.4 Å². The lowest BCUT2D eigenvalue weighted by molar-refractivity contribution is -0.116. The lowest BCUT2D eigenvalue weighted by Crippen LogP contribution is -2.25. The fraction of sp³-hybridized carbons (Fsp3) is 0.158. The fourth-order valence-electron chi connectivity index (χ4n) is 3.16. The first kappa shape index (κ1) is 15.5. The van der Waals surface area contributed by atoms with E-state index in [4.69, 9.17) is 0 Å². The third-order valence-corrected chi connectivity index (χ3v) is 4.43. The van der Waals surface area contributed by atoms with Crippen molar-refractivity contribution in [2.45, 2.75) is 19.3 Å². The number of hydrogen-bond acceptors (Lipinski definition) is 2. The van der Waals surface area contributed by atoms with E-state index in [0.717, 1.165) is 29.4 Å². The number of halogens is 2. The Hall–Kier alpha value is -3.02. The first-order chi connectivity index (χ1) is 12.0. The quantitative estimate of drug-likeness (QED) is 0.769. The van der Waals surface area contributed by atoms with E-state index in [9.17, 15) is 13.6 Å². The number of nitrogens with zero attached hydrogens (tertiary/aromatic N) is 2. The molecule has 0 bridgehead atoms. The van der Waals surface area contributed by atoms with Crippen LogP contribution in [0.1, 0.15) is 29.0 Å². The maximum Gasteiger partial charge on any atom is 0.226 e. The van der Waals surface area contributed by atoms with Crippen LogP contribution in [0.3, 0.4) is 0 Å². The Balaban J connectivity index is 1.84. The molecule has 1 N–H and O–H groups in total. The third-order valence-electron chi connectivity index (χ3n) is 4.43.